The zero-order valence-corrected chi connectivity index (χ0v) is 14.4. The number of aromatic nitrogens is 2. The van der Waals surface area contributed by atoms with Gasteiger partial charge in [-0.05, 0) is 42.1 Å². The molecular weight excluding hydrogens is 307 g/mol. The predicted octanol–water partition coefficient (Wildman–Crippen LogP) is 3.26. The Labute approximate surface area is 142 Å². The van der Waals surface area contributed by atoms with Gasteiger partial charge in [0.1, 0.15) is 5.82 Å². The Balaban J connectivity index is 1.66. The van der Waals surface area contributed by atoms with E-state index in [0.29, 0.717) is 24.4 Å². The lowest BCUT2D eigenvalue weighted by Crippen LogP contribution is -2.34. The molecule has 1 fully saturated rings. The smallest absolute Gasteiger partial charge is 0.265 e. The van der Waals surface area contributed by atoms with E-state index < -0.39 is 0 Å². The van der Waals surface area contributed by atoms with Crippen LogP contribution in [0.4, 0.5) is 10.3 Å². The Morgan fingerprint density at radius 2 is 2.04 bits per heavy atom. The highest BCUT2D eigenvalue weighted by Gasteiger charge is 2.24. The highest BCUT2D eigenvalue weighted by Crippen LogP contribution is 2.25. The molecule has 1 aliphatic rings. The van der Waals surface area contributed by atoms with E-state index in [1.165, 1.54) is 31.7 Å². The summed E-state index contributed by atoms with van der Waals surface area (Å²) in [5.74, 6) is 1.07. The molecule has 0 N–H and O–H groups in total. The summed E-state index contributed by atoms with van der Waals surface area (Å²) in [7, 11) is 3.79. The molecule has 1 aromatic heterocycles. The lowest BCUT2D eigenvalue weighted by Gasteiger charge is -2.27. The summed E-state index contributed by atoms with van der Waals surface area (Å²) in [6, 6.07) is 7.40. The van der Waals surface area contributed by atoms with Gasteiger partial charge in [-0.1, -0.05) is 25.0 Å². The van der Waals surface area contributed by atoms with Gasteiger partial charge in [0.05, 0.1) is 6.54 Å². The lowest BCUT2D eigenvalue weighted by atomic mass is 10.1. The van der Waals surface area contributed by atoms with Crippen molar-refractivity contribution in [2.75, 3.05) is 25.5 Å². The molecule has 3 rings (SSSR count). The number of halogens is 1. The van der Waals surface area contributed by atoms with Crippen molar-refractivity contribution < 1.29 is 8.91 Å². The second kappa shape index (κ2) is 7.75. The molecule has 5 nitrogen and oxygen atoms in total. The van der Waals surface area contributed by atoms with E-state index in [1.54, 1.807) is 12.1 Å². The zero-order valence-electron chi connectivity index (χ0n) is 14.4. The molecule has 1 aromatic carbocycles. The zero-order chi connectivity index (χ0) is 16.9. The van der Waals surface area contributed by atoms with Crippen LogP contribution in [-0.2, 0) is 13.0 Å². The normalized spacial score (nSPS) is 15.3. The first kappa shape index (κ1) is 16.9. The molecule has 0 radical (unpaired) electrons. The van der Waals surface area contributed by atoms with Crippen molar-refractivity contribution in [3.63, 3.8) is 0 Å². The van der Waals surface area contributed by atoms with Crippen molar-refractivity contribution >= 4 is 5.95 Å². The van der Waals surface area contributed by atoms with Crippen molar-refractivity contribution in [2.45, 2.75) is 44.7 Å². The van der Waals surface area contributed by atoms with Crippen LogP contribution in [0.3, 0.4) is 0 Å². The first-order valence-corrected chi connectivity index (χ1v) is 8.60. The van der Waals surface area contributed by atoms with Crippen LogP contribution in [0.1, 0.15) is 37.1 Å². The Morgan fingerprint density at radius 1 is 1.25 bits per heavy atom. The Hall–Kier alpha value is -1.95. The molecular formula is C18H25FN4O. The largest absolute Gasteiger partial charge is 0.344 e. The summed E-state index contributed by atoms with van der Waals surface area (Å²) >= 11 is 0. The number of nitrogens with zero attached hydrogens (tertiary/aromatic N) is 4. The summed E-state index contributed by atoms with van der Waals surface area (Å²) in [6.45, 7) is 1.52. The van der Waals surface area contributed by atoms with Gasteiger partial charge in [-0.15, -0.1) is 0 Å². The summed E-state index contributed by atoms with van der Waals surface area (Å²) in [6.07, 6.45) is 5.78. The van der Waals surface area contributed by atoms with Gasteiger partial charge in [0.15, 0.2) is 0 Å². The molecule has 6 heteroatoms. The second-order valence-electron chi connectivity index (χ2n) is 6.67. The van der Waals surface area contributed by atoms with Crippen molar-refractivity contribution in [1.29, 1.82) is 0 Å². The fourth-order valence-corrected chi connectivity index (χ4v) is 3.29. The van der Waals surface area contributed by atoms with Gasteiger partial charge in [0, 0.05) is 26.7 Å². The summed E-state index contributed by atoms with van der Waals surface area (Å²) in [5, 5.41) is 3.99. The standard InChI is InChI=1S/C18H25FN4O/c1-22(2)18-20-17(24-21-18)13-23(16-8-3-4-9-16)11-10-14-6-5-7-15(19)12-14/h5-7,12,16H,3-4,8-11,13H2,1-2H3. The quantitative estimate of drug-likeness (QED) is 0.779. The number of benzene rings is 1. The Kier molecular flexibility index (Phi) is 5.45. The molecule has 0 unspecified atom stereocenters. The average Bonchev–Trinajstić information content (AvgIpc) is 3.23. The van der Waals surface area contributed by atoms with E-state index in [-0.39, 0.29) is 5.82 Å². The molecule has 0 amide bonds. The molecule has 0 atom stereocenters. The molecule has 1 aliphatic carbocycles. The van der Waals surface area contributed by atoms with Crippen LogP contribution < -0.4 is 4.90 Å². The van der Waals surface area contributed by atoms with Gasteiger partial charge in [-0.2, -0.15) is 4.98 Å². The molecule has 24 heavy (non-hydrogen) atoms. The fraction of sp³-hybridized carbons (Fsp3) is 0.556. The van der Waals surface area contributed by atoms with Crippen LogP contribution >= 0.6 is 0 Å². The van der Waals surface area contributed by atoms with Crippen molar-refractivity contribution in [3.05, 3.63) is 41.5 Å². The maximum absolute atomic E-state index is 13.4. The molecule has 130 valence electrons. The van der Waals surface area contributed by atoms with Crippen LogP contribution in [0.2, 0.25) is 0 Å². The highest BCUT2D eigenvalue weighted by molar-refractivity contribution is 5.23. The third-order valence-electron chi connectivity index (χ3n) is 4.61. The van der Waals surface area contributed by atoms with Gasteiger partial charge in [0.2, 0.25) is 5.89 Å². The van der Waals surface area contributed by atoms with Crippen molar-refractivity contribution in [1.82, 2.24) is 15.0 Å². The monoisotopic (exact) mass is 332 g/mol. The van der Waals surface area contributed by atoms with E-state index >= 15 is 0 Å². The third kappa shape index (κ3) is 4.32. The number of hydrogen-bond donors (Lipinski definition) is 0. The molecule has 1 saturated carbocycles. The molecule has 0 bridgehead atoms. The fourth-order valence-electron chi connectivity index (χ4n) is 3.29. The lowest BCUT2D eigenvalue weighted by molar-refractivity contribution is 0.168. The van der Waals surface area contributed by atoms with E-state index in [4.69, 9.17) is 4.52 Å². The highest BCUT2D eigenvalue weighted by atomic mass is 19.1. The summed E-state index contributed by atoms with van der Waals surface area (Å²) < 4.78 is 18.7. The number of anilines is 1. The summed E-state index contributed by atoms with van der Waals surface area (Å²) in [4.78, 5) is 8.68. The van der Waals surface area contributed by atoms with Gasteiger partial charge in [-0.25, -0.2) is 4.39 Å². The third-order valence-corrected chi connectivity index (χ3v) is 4.61. The SMILES string of the molecule is CN(C)c1noc(CN(CCc2cccc(F)c2)C2CCCC2)n1. The Morgan fingerprint density at radius 3 is 2.71 bits per heavy atom. The minimum absolute atomic E-state index is 0.174. The molecule has 0 aliphatic heterocycles. The van der Waals surface area contributed by atoms with E-state index in [9.17, 15) is 4.39 Å². The van der Waals surface area contributed by atoms with Crippen LogP contribution in [0.5, 0.6) is 0 Å². The van der Waals surface area contributed by atoms with Crippen LogP contribution in [0, 0.1) is 5.82 Å². The predicted molar refractivity (Wildman–Crippen MR) is 91.4 cm³/mol. The van der Waals surface area contributed by atoms with Gasteiger partial charge in [0.25, 0.3) is 5.95 Å². The molecule has 2 aromatic rings. The van der Waals surface area contributed by atoms with Crippen LogP contribution in [0.25, 0.3) is 0 Å². The second-order valence-corrected chi connectivity index (χ2v) is 6.67. The molecule has 0 saturated heterocycles. The molecule has 1 heterocycles. The topological polar surface area (TPSA) is 45.4 Å². The van der Waals surface area contributed by atoms with E-state index in [1.807, 2.05) is 25.1 Å². The minimum atomic E-state index is -0.174. The minimum Gasteiger partial charge on any atom is -0.344 e. The summed E-state index contributed by atoms with van der Waals surface area (Å²) in [5.41, 5.74) is 1.03. The van der Waals surface area contributed by atoms with Gasteiger partial charge >= 0.3 is 0 Å². The van der Waals surface area contributed by atoms with Gasteiger partial charge < -0.3 is 9.42 Å². The molecule has 0 spiro atoms. The van der Waals surface area contributed by atoms with Crippen molar-refractivity contribution in [2.24, 2.45) is 0 Å². The number of rotatable bonds is 7. The first-order valence-electron chi connectivity index (χ1n) is 8.60. The number of hydrogen-bond acceptors (Lipinski definition) is 5. The van der Waals surface area contributed by atoms with Crippen LogP contribution in [0.15, 0.2) is 28.8 Å². The van der Waals surface area contributed by atoms with E-state index in [2.05, 4.69) is 15.0 Å². The first-order chi connectivity index (χ1) is 11.6. The Bertz CT molecular complexity index is 652. The van der Waals surface area contributed by atoms with Crippen LogP contribution in [-0.4, -0.2) is 41.7 Å². The average molecular weight is 332 g/mol. The van der Waals surface area contributed by atoms with Crippen molar-refractivity contribution in [3.8, 4) is 0 Å². The van der Waals surface area contributed by atoms with E-state index in [0.717, 1.165) is 18.5 Å². The maximum Gasteiger partial charge on any atom is 0.265 e. The maximum atomic E-state index is 13.4. The van der Waals surface area contributed by atoms with Gasteiger partial charge in [-0.3, -0.25) is 4.90 Å².